The van der Waals surface area contributed by atoms with Crippen molar-refractivity contribution in [3.05, 3.63) is 34.4 Å². The number of rotatable bonds is 6. The van der Waals surface area contributed by atoms with Gasteiger partial charge in [0.05, 0.1) is 23.3 Å². The molecule has 20 heavy (non-hydrogen) atoms. The molecular formula is C14H18O6. The van der Waals surface area contributed by atoms with Crippen LogP contribution in [0.3, 0.4) is 0 Å². The molecule has 0 aliphatic rings. The molecule has 0 bridgehead atoms. The summed E-state index contributed by atoms with van der Waals surface area (Å²) in [6.45, 7) is 3.42. The van der Waals surface area contributed by atoms with Gasteiger partial charge in [0.15, 0.2) is 0 Å². The lowest BCUT2D eigenvalue weighted by atomic mass is 9.90. The lowest BCUT2D eigenvalue weighted by Crippen LogP contribution is -2.17. The smallest absolute Gasteiger partial charge is 0.336 e. The molecule has 110 valence electrons. The Bertz CT molecular complexity index is 523. The molecule has 0 amide bonds. The van der Waals surface area contributed by atoms with E-state index >= 15 is 0 Å². The highest BCUT2D eigenvalue weighted by Gasteiger charge is 2.27. The second-order valence-electron chi connectivity index (χ2n) is 4.36. The number of methoxy groups -OCH3 is 2. The summed E-state index contributed by atoms with van der Waals surface area (Å²) >= 11 is 0. The van der Waals surface area contributed by atoms with Crippen LogP contribution in [0.1, 0.15) is 57.9 Å². The van der Waals surface area contributed by atoms with E-state index in [9.17, 15) is 14.7 Å². The van der Waals surface area contributed by atoms with Crippen molar-refractivity contribution in [2.75, 3.05) is 14.2 Å². The van der Waals surface area contributed by atoms with Gasteiger partial charge in [0.2, 0.25) is 0 Å². The standard InChI is InChI=1S/C14H18O6/c1-7(19-3)9-5-6-10(13(15)16)12(14(17)18)11(9)8(2)20-4/h5-8H,1-4H3,(H,15,16)(H,17,18). The van der Waals surface area contributed by atoms with Gasteiger partial charge >= 0.3 is 11.9 Å². The first-order chi connectivity index (χ1) is 9.34. The molecule has 1 aromatic rings. The average Bonchev–Trinajstić information content (AvgIpc) is 2.43. The predicted octanol–water partition coefficient (Wildman–Crippen LogP) is 2.50. The van der Waals surface area contributed by atoms with Crippen molar-refractivity contribution >= 4 is 11.9 Å². The van der Waals surface area contributed by atoms with Gasteiger partial charge in [-0.3, -0.25) is 0 Å². The van der Waals surface area contributed by atoms with Gasteiger partial charge in [-0.2, -0.15) is 0 Å². The number of carboxylic acids is 2. The molecule has 0 aromatic heterocycles. The molecule has 0 fully saturated rings. The minimum atomic E-state index is -1.30. The van der Waals surface area contributed by atoms with Crippen LogP contribution in [-0.2, 0) is 9.47 Å². The van der Waals surface area contributed by atoms with Gasteiger partial charge in [-0.15, -0.1) is 0 Å². The average molecular weight is 282 g/mol. The second kappa shape index (κ2) is 6.49. The molecule has 2 N–H and O–H groups in total. The van der Waals surface area contributed by atoms with Crippen molar-refractivity contribution in [3.63, 3.8) is 0 Å². The summed E-state index contributed by atoms with van der Waals surface area (Å²) in [5.74, 6) is -2.59. The summed E-state index contributed by atoms with van der Waals surface area (Å²) in [6.07, 6.45) is -0.934. The molecule has 0 saturated carbocycles. The lowest BCUT2D eigenvalue weighted by Gasteiger charge is -2.22. The van der Waals surface area contributed by atoms with E-state index in [4.69, 9.17) is 14.6 Å². The largest absolute Gasteiger partial charge is 0.478 e. The molecule has 2 atom stereocenters. The van der Waals surface area contributed by atoms with Gasteiger partial charge < -0.3 is 19.7 Å². The van der Waals surface area contributed by atoms with E-state index in [0.717, 1.165) is 0 Å². The maximum atomic E-state index is 11.5. The van der Waals surface area contributed by atoms with Gasteiger partial charge in [0, 0.05) is 19.8 Å². The SMILES string of the molecule is COC(C)c1ccc(C(=O)O)c(C(=O)O)c1C(C)OC. The number of ether oxygens (including phenoxy) is 2. The Balaban J connectivity index is 3.70. The molecular weight excluding hydrogens is 264 g/mol. The van der Waals surface area contributed by atoms with Crippen LogP contribution in [0.15, 0.2) is 12.1 Å². The van der Waals surface area contributed by atoms with Crippen LogP contribution in [0.4, 0.5) is 0 Å². The van der Waals surface area contributed by atoms with E-state index < -0.39 is 18.0 Å². The lowest BCUT2D eigenvalue weighted by molar-refractivity contribution is 0.0636. The maximum Gasteiger partial charge on any atom is 0.336 e. The third-order valence-corrected chi connectivity index (χ3v) is 3.28. The Hall–Kier alpha value is -1.92. The molecule has 2 unspecified atom stereocenters. The zero-order valence-corrected chi connectivity index (χ0v) is 11.8. The molecule has 0 saturated heterocycles. The number of hydrogen-bond acceptors (Lipinski definition) is 4. The van der Waals surface area contributed by atoms with Crippen LogP contribution < -0.4 is 0 Å². The first-order valence-corrected chi connectivity index (χ1v) is 6.04. The summed E-state index contributed by atoms with van der Waals surface area (Å²) in [4.78, 5) is 22.7. The monoisotopic (exact) mass is 282 g/mol. The van der Waals surface area contributed by atoms with E-state index in [2.05, 4.69) is 0 Å². The molecule has 1 rings (SSSR count). The van der Waals surface area contributed by atoms with E-state index in [1.54, 1.807) is 19.9 Å². The van der Waals surface area contributed by atoms with Crippen molar-refractivity contribution in [2.24, 2.45) is 0 Å². The first kappa shape index (κ1) is 16.1. The zero-order valence-electron chi connectivity index (χ0n) is 11.8. The summed E-state index contributed by atoms with van der Waals surface area (Å²) in [5.41, 5.74) is 0.412. The van der Waals surface area contributed by atoms with Gasteiger partial charge in [0.1, 0.15) is 0 Å². The molecule has 0 aliphatic carbocycles. The van der Waals surface area contributed by atoms with E-state index in [1.165, 1.54) is 20.3 Å². The molecule has 6 heteroatoms. The highest BCUT2D eigenvalue weighted by atomic mass is 16.5. The van der Waals surface area contributed by atoms with Crippen molar-refractivity contribution < 1.29 is 29.3 Å². The van der Waals surface area contributed by atoms with Gasteiger partial charge in [-0.1, -0.05) is 6.07 Å². The Morgan fingerprint density at radius 1 is 1.00 bits per heavy atom. The van der Waals surface area contributed by atoms with Crippen molar-refractivity contribution in [3.8, 4) is 0 Å². The van der Waals surface area contributed by atoms with Crippen LogP contribution in [0.25, 0.3) is 0 Å². The van der Waals surface area contributed by atoms with Gasteiger partial charge in [-0.25, -0.2) is 9.59 Å². The summed E-state index contributed by atoms with van der Waals surface area (Å²) in [6, 6.07) is 2.84. The fourth-order valence-electron chi connectivity index (χ4n) is 2.08. The zero-order chi connectivity index (χ0) is 15.4. The van der Waals surface area contributed by atoms with Gasteiger partial charge in [0.25, 0.3) is 0 Å². The fraction of sp³-hybridized carbons (Fsp3) is 0.429. The Morgan fingerprint density at radius 2 is 1.55 bits per heavy atom. The number of carbonyl (C=O) groups is 2. The molecule has 6 nitrogen and oxygen atoms in total. The van der Waals surface area contributed by atoms with Crippen molar-refractivity contribution in [1.29, 1.82) is 0 Å². The maximum absolute atomic E-state index is 11.5. The topological polar surface area (TPSA) is 93.1 Å². The summed E-state index contributed by atoms with van der Waals surface area (Å²) in [7, 11) is 2.93. The number of benzene rings is 1. The third-order valence-electron chi connectivity index (χ3n) is 3.28. The number of carboxylic acid groups (broad SMARTS) is 2. The molecule has 0 aliphatic heterocycles. The highest BCUT2D eigenvalue weighted by Crippen LogP contribution is 2.32. The van der Waals surface area contributed by atoms with Crippen molar-refractivity contribution in [1.82, 2.24) is 0 Å². The predicted molar refractivity (Wildman–Crippen MR) is 71.2 cm³/mol. The second-order valence-corrected chi connectivity index (χ2v) is 4.36. The summed E-state index contributed by atoms with van der Waals surface area (Å²) < 4.78 is 10.4. The van der Waals surface area contributed by atoms with Crippen LogP contribution in [0.2, 0.25) is 0 Å². The third kappa shape index (κ3) is 2.97. The summed E-state index contributed by atoms with van der Waals surface area (Å²) in [5, 5.41) is 18.5. The minimum absolute atomic E-state index is 0.256. The normalized spacial score (nSPS) is 13.8. The van der Waals surface area contributed by atoms with E-state index in [-0.39, 0.29) is 17.2 Å². The number of hydrogen-bond donors (Lipinski definition) is 2. The highest BCUT2D eigenvalue weighted by molar-refractivity contribution is 6.03. The Morgan fingerprint density at radius 3 is 1.95 bits per heavy atom. The van der Waals surface area contributed by atoms with Crippen molar-refractivity contribution in [2.45, 2.75) is 26.1 Å². The van der Waals surface area contributed by atoms with E-state index in [1.807, 2.05) is 0 Å². The van der Waals surface area contributed by atoms with Crippen LogP contribution in [-0.4, -0.2) is 36.4 Å². The first-order valence-electron chi connectivity index (χ1n) is 6.04. The Kier molecular flexibility index (Phi) is 5.24. The van der Waals surface area contributed by atoms with Gasteiger partial charge in [-0.05, 0) is 25.5 Å². The van der Waals surface area contributed by atoms with Crippen LogP contribution >= 0.6 is 0 Å². The quantitative estimate of drug-likeness (QED) is 0.832. The minimum Gasteiger partial charge on any atom is -0.478 e. The van der Waals surface area contributed by atoms with E-state index in [0.29, 0.717) is 11.1 Å². The Labute approximate surface area is 116 Å². The number of aromatic carboxylic acids is 2. The molecule has 0 heterocycles. The molecule has 0 radical (unpaired) electrons. The fourth-order valence-corrected chi connectivity index (χ4v) is 2.08. The molecule has 0 spiro atoms. The van der Waals surface area contributed by atoms with Crippen LogP contribution in [0, 0.1) is 0 Å². The molecule has 1 aromatic carbocycles. The van der Waals surface area contributed by atoms with Crippen LogP contribution in [0.5, 0.6) is 0 Å².